The van der Waals surface area contributed by atoms with Crippen LogP contribution in [0.4, 0.5) is 13.2 Å². The number of aromatic hydroxyl groups is 2. The molecule has 0 radical (unpaired) electrons. The van der Waals surface area contributed by atoms with E-state index in [1.54, 1.807) is 51.4 Å². The van der Waals surface area contributed by atoms with E-state index < -0.39 is 29.0 Å². The van der Waals surface area contributed by atoms with Gasteiger partial charge in [-0.25, -0.2) is 4.79 Å². The number of nitrogens with zero attached hydrogens (tertiary/aromatic N) is 1. The lowest BCUT2D eigenvalue weighted by molar-refractivity contribution is -0.138. The van der Waals surface area contributed by atoms with Gasteiger partial charge in [0.1, 0.15) is 5.75 Å². The van der Waals surface area contributed by atoms with Crippen molar-refractivity contribution >= 4 is 24.4 Å². The standard InChI is InChI=1S/C17H14F3NO3.C17H16O5/c1-21(2)16(24)11-5-3-4-10(6-11)12-7-13(9-22)15(23)14(8-12)17(18,19)20;1-3-22-17(20)14-7-5-4-6-13(14)11-8-12(10-18)16(19)15(9-11)21-2/h3-9,23H,1-2H3;4-10,19H,3H2,1-2H3. The van der Waals surface area contributed by atoms with Gasteiger partial charge in [-0.1, -0.05) is 30.3 Å². The summed E-state index contributed by atoms with van der Waals surface area (Å²) >= 11 is 0. The highest BCUT2D eigenvalue weighted by Gasteiger charge is 2.35. The molecule has 0 saturated carbocycles. The predicted molar refractivity (Wildman–Crippen MR) is 163 cm³/mol. The smallest absolute Gasteiger partial charge is 0.420 e. The van der Waals surface area contributed by atoms with Crippen molar-refractivity contribution in [3.63, 3.8) is 0 Å². The van der Waals surface area contributed by atoms with Gasteiger partial charge in [0, 0.05) is 19.7 Å². The quantitative estimate of drug-likeness (QED) is 0.162. The highest BCUT2D eigenvalue weighted by molar-refractivity contribution is 5.98. The second-order valence-corrected chi connectivity index (χ2v) is 9.86. The average Bonchev–Trinajstić information content (AvgIpc) is 3.04. The average molecular weight is 638 g/mol. The minimum atomic E-state index is -4.81. The summed E-state index contributed by atoms with van der Waals surface area (Å²) in [6.45, 7) is 2.00. The van der Waals surface area contributed by atoms with Crippen LogP contribution in [0.25, 0.3) is 22.3 Å². The van der Waals surface area contributed by atoms with Gasteiger partial charge in [0.2, 0.25) is 0 Å². The van der Waals surface area contributed by atoms with Gasteiger partial charge in [-0.15, -0.1) is 0 Å². The Labute approximate surface area is 262 Å². The van der Waals surface area contributed by atoms with Crippen LogP contribution >= 0.6 is 0 Å². The van der Waals surface area contributed by atoms with E-state index in [4.69, 9.17) is 9.47 Å². The zero-order chi connectivity index (χ0) is 34.2. The molecular formula is C34H30F3NO8. The highest BCUT2D eigenvalue weighted by atomic mass is 19.4. The molecule has 0 aromatic heterocycles. The Kier molecular flexibility index (Phi) is 11.3. The molecule has 240 valence electrons. The highest BCUT2D eigenvalue weighted by Crippen LogP contribution is 2.40. The van der Waals surface area contributed by atoms with Gasteiger partial charge in [0.05, 0.1) is 36.0 Å². The molecule has 0 atom stereocenters. The van der Waals surface area contributed by atoms with E-state index in [-0.39, 0.29) is 41.4 Å². The van der Waals surface area contributed by atoms with Crippen molar-refractivity contribution in [2.45, 2.75) is 13.1 Å². The topological polar surface area (TPSA) is 130 Å². The molecule has 4 rings (SSSR count). The number of ether oxygens (including phenoxy) is 2. The van der Waals surface area contributed by atoms with Crippen LogP contribution in [0.15, 0.2) is 72.8 Å². The number of aldehydes is 2. The zero-order valence-corrected chi connectivity index (χ0v) is 25.2. The number of halogens is 3. The number of esters is 1. The van der Waals surface area contributed by atoms with Crippen molar-refractivity contribution in [2.75, 3.05) is 27.8 Å². The summed E-state index contributed by atoms with van der Waals surface area (Å²) in [7, 11) is 4.51. The molecule has 4 aromatic rings. The Balaban J connectivity index is 0.000000251. The van der Waals surface area contributed by atoms with Crippen LogP contribution in [0.5, 0.6) is 17.2 Å². The third kappa shape index (κ3) is 7.89. The summed E-state index contributed by atoms with van der Waals surface area (Å²) < 4.78 is 49.2. The van der Waals surface area contributed by atoms with E-state index in [0.29, 0.717) is 34.1 Å². The summed E-state index contributed by atoms with van der Waals surface area (Å²) in [5, 5.41) is 19.5. The first-order valence-corrected chi connectivity index (χ1v) is 13.6. The number of hydrogen-bond acceptors (Lipinski definition) is 8. The van der Waals surface area contributed by atoms with Gasteiger partial charge >= 0.3 is 12.1 Å². The van der Waals surface area contributed by atoms with Crippen LogP contribution in [0.2, 0.25) is 0 Å². The molecular weight excluding hydrogens is 607 g/mol. The van der Waals surface area contributed by atoms with Gasteiger partial charge in [-0.3, -0.25) is 14.4 Å². The molecule has 0 heterocycles. The first-order valence-electron chi connectivity index (χ1n) is 13.6. The number of benzene rings is 4. The summed E-state index contributed by atoms with van der Waals surface area (Å²) in [4.78, 5) is 47.4. The second-order valence-electron chi connectivity index (χ2n) is 9.86. The number of phenols is 2. The number of phenolic OH excluding ortho intramolecular Hbond substituents is 2. The Morgan fingerprint density at radius 3 is 2.04 bits per heavy atom. The summed E-state index contributed by atoms with van der Waals surface area (Å²) in [6.07, 6.45) is -4.12. The Hall–Kier alpha value is -5.65. The van der Waals surface area contributed by atoms with Crippen molar-refractivity contribution in [3.05, 3.63) is 101 Å². The van der Waals surface area contributed by atoms with Crippen LogP contribution < -0.4 is 4.74 Å². The summed E-state index contributed by atoms with van der Waals surface area (Å²) in [6, 6.07) is 17.9. The maximum Gasteiger partial charge on any atom is 0.420 e. The lowest BCUT2D eigenvalue weighted by Gasteiger charge is -2.14. The monoisotopic (exact) mass is 637 g/mol. The molecule has 12 heteroatoms. The minimum absolute atomic E-state index is 0.0793. The third-order valence-corrected chi connectivity index (χ3v) is 6.61. The Morgan fingerprint density at radius 1 is 0.826 bits per heavy atom. The van der Waals surface area contributed by atoms with Gasteiger partial charge in [0.25, 0.3) is 5.91 Å². The van der Waals surface area contributed by atoms with Crippen LogP contribution in [0, 0.1) is 0 Å². The normalized spacial score (nSPS) is 10.7. The van der Waals surface area contributed by atoms with Crippen LogP contribution in [0.1, 0.15) is 53.9 Å². The number of amides is 1. The van der Waals surface area contributed by atoms with Crippen molar-refractivity contribution in [2.24, 2.45) is 0 Å². The van der Waals surface area contributed by atoms with E-state index in [2.05, 4.69) is 0 Å². The lowest BCUT2D eigenvalue weighted by atomic mass is 9.97. The number of rotatable bonds is 8. The largest absolute Gasteiger partial charge is 0.507 e. The van der Waals surface area contributed by atoms with E-state index in [0.717, 1.165) is 12.1 Å². The zero-order valence-electron chi connectivity index (χ0n) is 25.2. The fraction of sp³-hybridized carbons (Fsp3) is 0.176. The van der Waals surface area contributed by atoms with Crippen molar-refractivity contribution in [3.8, 4) is 39.5 Å². The molecule has 9 nitrogen and oxygen atoms in total. The van der Waals surface area contributed by atoms with E-state index >= 15 is 0 Å². The maximum atomic E-state index is 13.0. The summed E-state index contributed by atoms with van der Waals surface area (Å²) in [5.41, 5.74) is 0.596. The van der Waals surface area contributed by atoms with E-state index in [1.165, 1.54) is 42.3 Å². The molecule has 0 aliphatic rings. The predicted octanol–water partition coefficient (Wildman–Crippen LogP) is 6.65. The second kappa shape index (κ2) is 14.9. The number of carbonyl (C=O) groups excluding carboxylic acids is 4. The van der Waals surface area contributed by atoms with Crippen LogP contribution in [0.3, 0.4) is 0 Å². The molecule has 0 aliphatic carbocycles. The maximum absolute atomic E-state index is 13.0. The number of methoxy groups -OCH3 is 1. The molecule has 2 N–H and O–H groups in total. The molecule has 46 heavy (non-hydrogen) atoms. The number of hydrogen-bond donors (Lipinski definition) is 2. The fourth-order valence-corrected chi connectivity index (χ4v) is 4.37. The van der Waals surface area contributed by atoms with Crippen LogP contribution in [-0.4, -0.2) is 67.4 Å². The molecule has 0 aliphatic heterocycles. The summed E-state index contributed by atoms with van der Waals surface area (Å²) in [5.74, 6) is -1.92. The Morgan fingerprint density at radius 2 is 1.46 bits per heavy atom. The number of carbonyl (C=O) groups is 4. The van der Waals surface area contributed by atoms with Crippen molar-refractivity contribution in [1.29, 1.82) is 0 Å². The van der Waals surface area contributed by atoms with Gasteiger partial charge in [-0.05, 0) is 71.6 Å². The SMILES string of the molecule is CCOC(=O)c1ccccc1-c1cc(C=O)c(O)c(OC)c1.CN(C)C(=O)c1cccc(-c2cc(C=O)c(O)c(C(F)(F)F)c2)c1. The molecule has 0 spiro atoms. The van der Waals surface area contributed by atoms with Gasteiger partial charge in [0.15, 0.2) is 24.1 Å². The lowest BCUT2D eigenvalue weighted by Crippen LogP contribution is -2.21. The molecule has 4 aromatic carbocycles. The molecule has 0 saturated heterocycles. The third-order valence-electron chi connectivity index (χ3n) is 6.61. The fourth-order valence-electron chi connectivity index (χ4n) is 4.37. The molecule has 1 amide bonds. The molecule has 0 fully saturated rings. The number of alkyl halides is 3. The Bertz CT molecular complexity index is 1770. The molecule has 0 bridgehead atoms. The first-order chi connectivity index (χ1) is 21.8. The van der Waals surface area contributed by atoms with Crippen LogP contribution in [-0.2, 0) is 10.9 Å². The minimum Gasteiger partial charge on any atom is -0.507 e. The van der Waals surface area contributed by atoms with Gasteiger partial charge < -0.3 is 24.6 Å². The first kappa shape index (κ1) is 34.8. The van der Waals surface area contributed by atoms with Crippen molar-refractivity contribution < 1.29 is 52.0 Å². The van der Waals surface area contributed by atoms with E-state index in [1.807, 2.05) is 0 Å². The van der Waals surface area contributed by atoms with Crippen molar-refractivity contribution in [1.82, 2.24) is 4.90 Å². The molecule has 0 unspecified atom stereocenters. The van der Waals surface area contributed by atoms with Gasteiger partial charge in [-0.2, -0.15) is 13.2 Å². The van der Waals surface area contributed by atoms with E-state index in [9.17, 15) is 42.6 Å².